The molecule has 6 heteroatoms. The van der Waals surface area contributed by atoms with E-state index in [2.05, 4.69) is 5.32 Å². The van der Waals surface area contributed by atoms with E-state index in [1.54, 1.807) is 0 Å². The summed E-state index contributed by atoms with van der Waals surface area (Å²) in [5.41, 5.74) is -0.888. The van der Waals surface area contributed by atoms with Crippen molar-refractivity contribution >= 4 is 0 Å². The van der Waals surface area contributed by atoms with E-state index in [1.807, 2.05) is 6.07 Å². The first-order chi connectivity index (χ1) is 7.65. The molecule has 0 saturated carbocycles. The van der Waals surface area contributed by atoms with Gasteiger partial charge in [-0.05, 0) is 13.0 Å². The third kappa shape index (κ3) is 1.55. The van der Waals surface area contributed by atoms with Crippen LogP contribution in [-0.4, -0.2) is 22.2 Å². The lowest BCUT2D eigenvalue weighted by Gasteiger charge is -2.13. The Kier molecular flexibility index (Phi) is 2.62. The summed E-state index contributed by atoms with van der Waals surface area (Å²) < 4.78 is 2.46. The van der Waals surface area contributed by atoms with Crippen molar-refractivity contribution in [2.75, 3.05) is 13.1 Å². The molecule has 0 aromatic carbocycles. The first kappa shape index (κ1) is 10.6. The molecule has 2 rings (SSSR count). The van der Waals surface area contributed by atoms with Crippen LogP contribution in [0.5, 0.6) is 0 Å². The quantitative estimate of drug-likeness (QED) is 0.655. The van der Waals surface area contributed by atoms with Crippen molar-refractivity contribution in [3.8, 4) is 6.07 Å². The molecule has 6 nitrogen and oxygen atoms in total. The molecule has 1 saturated heterocycles. The second-order valence-electron chi connectivity index (χ2n) is 3.86. The predicted octanol–water partition coefficient (Wildman–Crippen LogP) is -1.05. The molecule has 1 N–H and O–H groups in total. The Labute approximate surface area is 91.7 Å². The fraction of sp³-hybridized carbons (Fsp3) is 0.500. The highest BCUT2D eigenvalue weighted by Gasteiger charge is 2.19. The molecule has 84 valence electrons. The minimum Gasteiger partial charge on any atom is -0.315 e. The van der Waals surface area contributed by atoms with Crippen LogP contribution in [0.15, 0.2) is 15.8 Å². The summed E-state index contributed by atoms with van der Waals surface area (Å²) in [6, 6.07) is 1.85. The van der Waals surface area contributed by atoms with Gasteiger partial charge in [0.15, 0.2) is 0 Å². The summed E-state index contributed by atoms with van der Waals surface area (Å²) in [5.74, 6) is 0. The van der Waals surface area contributed by atoms with Gasteiger partial charge in [-0.3, -0.25) is 13.9 Å². The van der Waals surface area contributed by atoms with Crippen LogP contribution in [0.4, 0.5) is 0 Å². The smallest absolute Gasteiger partial charge is 0.315 e. The molecule has 0 aliphatic carbocycles. The Morgan fingerprint density at radius 2 is 2.31 bits per heavy atom. The Hall–Kier alpha value is -1.87. The zero-order valence-electron chi connectivity index (χ0n) is 8.93. The lowest BCUT2D eigenvalue weighted by Crippen LogP contribution is -2.40. The second-order valence-corrected chi connectivity index (χ2v) is 3.86. The van der Waals surface area contributed by atoms with Crippen molar-refractivity contribution < 1.29 is 0 Å². The third-order valence-corrected chi connectivity index (χ3v) is 2.86. The zero-order chi connectivity index (χ0) is 11.7. The number of hydrogen-bond donors (Lipinski definition) is 1. The highest BCUT2D eigenvalue weighted by atomic mass is 16.2. The summed E-state index contributed by atoms with van der Waals surface area (Å²) in [4.78, 5) is 23.3. The van der Waals surface area contributed by atoms with Crippen LogP contribution in [0.1, 0.15) is 18.0 Å². The van der Waals surface area contributed by atoms with Gasteiger partial charge < -0.3 is 5.32 Å². The van der Waals surface area contributed by atoms with Crippen LogP contribution >= 0.6 is 0 Å². The molecule has 16 heavy (non-hydrogen) atoms. The minimum atomic E-state index is -0.533. The Balaban J connectivity index is 2.63. The molecular weight excluding hydrogens is 208 g/mol. The van der Waals surface area contributed by atoms with Crippen molar-refractivity contribution in [3.05, 3.63) is 32.6 Å². The van der Waals surface area contributed by atoms with Gasteiger partial charge >= 0.3 is 5.69 Å². The monoisotopic (exact) mass is 220 g/mol. The van der Waals surface area contributed by atoms with Crippen molar-refractivity contribution in [2.24, 2.45) is 7.05 Å². The Morgan fingerprint density at radius 1 is 1.56 bits per heavy atom. The molecule has 1 aliphatic heterocycles. The second kappa shape index (κ2) is 3.94. The van der Waals surface area contributed by atoms with Gasteiger partial charge in [-0.25, -0.2) is 4.79 Å². The standard InChI is InChI=1S/C10H12N4O2/c1-13-9(15)7(4-11)6-14(10(13)16)8-2-3-12-5-8/h6,8,12H,2-3,5H2,1H3/t8-/m0/s1. The number of nitriles is 1. The van der Waals surface area contributed by atoms with E-state index >= 15 is 0 Å². The van der Waals surface area contributed by atoms with Crippen molar-refractivity contribution in [2.45, 2.75) is 12.5 Å². The fourth-order valence-corrected chi connectivity index (χ4v) is 1.91. The van der Waals surface area contributed by atoms with E-state index in [1.165, 1.54) is 17.8 Å². The van der Waals surface area contributed by atoms with E-state index in [-0.39, 0.29) is 17.3 Å². The van der Waals surface area contributed by atoms with Gasteiger partial charge in [0.1, 0.15) is 11.6 Å². The van der Waals surface area contributed by atoms with Crippen LogP contribution in [0, 0.1) is 11.3 Å². The Bertz CT molecular complexity index is 558. The average Bonchev–Trinajstić information content (AvgIpc) is 2.80. The summed E-state index contributed by atoms with van der Waals surface area (Å²) >= 11 is 0. The SMILES string of the molecule is Cn1c(=O)c(C#N)cn([C@H]2CCNC2)c1=O. The molecule has 1 aromatic rings. The summed E-state index contributed by atoms with van der Waals surface area (Å²) in [6.07, 6.45) is 2.20. The van der Waals surface area contributed by atoms with Gasteiger partial charge in [-0.2, -0.15) is 5.26 Å². The molecule has 1 aliphatic rings. The van der Waals surface area contributed by atoms with Crippen LogP contribution in [0.2, 0.25) is 0 Å². The average molecular weight is 220 g/mol. The lowest BCUT2D eigenvalue weighted by atomic mass is 10.2. The number of hydrogen-bond acceptors (Lipinski definition) is 4. The molecule has 1 atom stereocenters. The largest absolute Gasteiger partial charge is 0.331 e. The maximum Gasteiger partial charge on any atom is 0.331 e. The number of nitrogens with zero attached hydrogens (tertiary/aromatic N) is 3. The van der Waals surface area contributed by atoms with Crippen LogP contribution in [0.3, 0.4) is 0 Å². The third-order valence-electron chi connectivity index (χ3n) is 2.86. The number of nitrogens with one attached hydrogen (secondary N) is 1. The molecule has 1 aromatic heterocycles. The maximum absolute atomic E-state index is 11.8. The van der Waals surface area contributed by atoms with E-state index in [0.29, 0.717) is 6.54 Å². The fourth-order valence-electron chi connectivity index (χ4n) is 1.91. The van der Waals surface area contributed by atoms with Gasteiger partial charge in [0.05, 0.1) is 6.04 Å². The highest BCUT2D eigenvalue weighted by Crippen LogP contribution is 2.11. The van der Waals surface area contributed by atoms with Crippen LogP contribution in [-0.2, 0) is 7.05 Å². The normalized spacial score (nSPS) is 19.6. The first-order valence-electron chi connectivity index (χ1n) is 5.08. The molecule has 0 radical (unpaired) electrons. The molecule has 0 unspecified atom stereocenters. The van der Waals surface area contributed by atoms with Crippen molar-refractivity contribution in [1.82, 2.24) is 14.5 Å². The van der Waals surface area contributed by atoms with Gasteiger partial charge in [-0.1, -0.05) is 0 Å². The maximum atomic E-state index is 11.8. The van der Waals surface area contributed by atoms with Gasteiger partial charge in [0.25, 0.3) is 5.56 Å². The van der Waals surface area contributed by atoms with E-state index in [0.717, 1.165) is 17.5 Å². The van der Waals surface area contributed by atoms with Gasteiger partial charge in [-0.15, -0.1) is 0 Å². The number of rotatable bonds is 1. The van der Waals surface area contributed by atoms with Crippen molar-refractivity contribution in [1.29, 1.82) is 5.26 Å². The first-order valence-corrected chi connectivity index (χ1v) is 5.08. The number of aromatic nitrogens is 2. The molecule has 2 heterocycles. The van der Waals surface area contributed by atoms with Crippen LogP contribution < -0.4 is 16.6 Å². The molecule has 0 spiro atoms. The highest BCUT2D eigenvalue weighted by molar-refractivity contribution is 5.22. The topological polar surface area (TPSA) is 79.8 Å². The summed E-state index contributed by atoms with van der Waals surface area (Å²) in [5, 5.41) is 11.9. The molecule has 0 amide bonds. The molecule has 1 fully saturated rings. The zero-order valence-corrected chi connectivity index (χ0v) is 8.93. The summed E-state index contributed by atoms with van der Waals surface area (Å²) in [7, 11) is 1.39. The van der Waals surface area contributed by atoms with Crippen molar-refractivity contribution in [3.63, 3.8) is 0 Å². The summed E-state index contributed by atoms with van der Waals surface area (Å²) in [6.45, 7) is 1.55. The lowest BCUT2D eigenvalue weighted by molar-refractivity contribution is 0.494. The van der Waals surface area contributed by atoms with Crippen LogP contribution in [0.25, 0.3) is 0 Å². The van der Waals surface area contributed by atoms with Gasteiger partial charge in [0, 0.05) is 19.8 Å². The van der Waals surface area contributed by atoms with E-state index in [4.69, 9.17) is 5.26 Å². The Morgan fingerprint density at radius 3 is 2.88 bits per heavy atom. The predicted molar refractivity (Wildman–Crippen MR) is 57.2 cm³/mol. The molecular formula is C10H12N4O2. The molecule has 0 bridgehead atoms. The van der Waals surface area contributed by atoms with Gasteiger partial charge in [0.2, 0.25) is 0 Å². The van der Waals surface area contributed by atoms with E-state index in [9.17, 15) is 9.59 Å². The van der Waals surface area contributed by atoms with E-state index < -0.39 is 5.56 Å². The minimum absolute atomic E-state index is 0.00833.